The van der Waals surface area contributed by atoms with Crippen LogP contribution in [-0.4, -0.2) is 38.0 Å². The van der Waals surface area contributed by atoms with Gasteiger partial charge in [-0.25, -0.2) is 0 Å². The molecule has 2 aromatic rings. The molecule has 0 spiro atoms. The van der Waals surface area contributed by atoms with Crippen molar-refractivity contribution < 1.29 is 9.21 Å². The Kier molecular flexibility index (Phi) is 7.35. The highest BCUT2D eigenvalue weighted by Gasteiger charge is 2.08. The van der Waals surface area contributed by atoms with Crippen molar-refractivity contribution in [1.82, 2.24) is 16.0 Å². The number of hydrogen-bond donors (Lipinski definition) is 3. The van der Waals surface area contributed by atoms with Crippen LogP contribution in [0.25, 0.3) is 0 Å². The molecule has 3 N–H and O–H groups in total. The highest BCUT2D eigenvalue weighted by atomic mass is 32.1. The van der Waals surface area contributed by atoms with Crippen LogP contribution < -0.4 is 16.0 Å². The normalized spacial score (nSPS) is 12.7. The topological polar surface area (TPSA) is 78.7 Å². The number of nitrogens with zero attached hydrogens (tertiary/aromatic N) is 1. The largest absolute Gasteiger partial charge is 0.459 e. The number of carbonyl (C=O) groups excluding carboxylic acids is 1. The molecule has 2 rings (SSSR count). The zero-order valence-electron chi connectivity index (χ0n) is 14.0. The summed E-state index contributed by atoms with van der Waals surface area (Å²) in [6, 6.07) is 7.53. The van der Waals surface area contributed by atoms with Crippen LogP contribution in [0.1, 0.15) is 35.2 Å². The summed E-state index contributed by atoms with van der Waals surface area (Å²) < 4.78 is 5.04. The summed E-state index contributed by atoms with van der Waals surface area (Å²) in [6.45, 7) is 6.78. The quantitative estimate of drug-likeness (QED) is 0.389. The third kappa shape index (κ3) is 5.73. The molecule has 0 bridgehead atoms. The van der Waals surface area contributed by atoms with Crippen LogP contribution in [0.3, 0.4) is 0 Å². The minimum atomic E-state index is -0.213. The van der Waals surface area contributed by atoms with E-state index < -0.39 is 0 Å². The number of amides is 1. The molecule has 0 saturated carbocycles. The standard InChI is InChI=1S/C17H24N4O2S/c1-3-18-17(21-12-13(2)15-7-5-11-24-15)20-9-8-19-16(22)14-6-4-10-23-14/h4-7,10-11,13H,3,8-9,12H2,1-2H3,(H,19,22)(H2,18,20,21). The number of hydrogen-bond acceptors (Lipinski definition) is 4. The predicted molar refractivity (Wildman–Crippen MR) is 97.8 cm³/mol. The van der Waals surface area contributed by atoms with Gasteiger partial charge >= 0.3 is 0 Å². The lowest BCUT2D eigenvalue weighted by molar-refractivity contribution is 0.0926. The summed E-state index contributed by atoms with van der Waals surface area (Å²) in [6.07, 6.45) is 1.48. The van der Waals surface area contributed by atoms with Crippen LogP contribution in [0.2, 0.25) is 0 Å². The molecular formula is C17H24N4O2S. The number of nitrogens with one attached hydrogen (secondary N) is 3. The van der Waals surface area contributed by atoms with Crippen molar-refractivity contribution in [1.29, 1.82) is 0 Å². The predicted octanol–water partition coefficient (Wildman–Crippen LogP) is 2.43. The number of rotatable bonds is 8. The average molecular weight is 348 g/mol. The van der Waals surface area contributed by atoms with Crippen molar-refractivity contribution in [3.8, 4) is 0 Å². The van der Waals surface area contributed by atoms with Gasteiger partial charge < -0.3 is 20.4 Å². The molecule has 130 valence electrons. The van der Waals surface area contributed by atoms with Crippen molar-refractivity contribution >= 4 is 23.2 Å². The van der Waals surface area contributed by atoms with Gasteiger partial charge in [-0.2, -0.15) is 0 Å². The Bertz CT molecular complexity index is 623. The number of carbonyl (C=O) groups is 1. The van der Waals surface area contributed by atoms with Crippen LogP contribution in [0.5, 0.6) is 0 Å². The second-order valence-corrected chi connectivity index (χ2v) is 6.28. The van der Waals surface area contributed by atoms with Gasteiger partial charge in [-0.05, 0) is 30.5 Å². The molecule has 1 amide bonds. The molecule has 24 heavy (non-hydrogen) atoms. The second kappa shape index (κ2) is 9.77. The van der Waals surface area contributed by atoms with Crippen LogP contribution in [0.4, 0.5) is 0 Å². The van der Waals surface area contributed by atoms with Crippen LogP contribution >= 0.6 is 11.3 Å². The Hall–Kier alpha value is -2.28. The molecule has 0 aliphatic carbocycles. The zero-order chi connectivity index (χ0) is 17.2. The first-order valence-corrected chi connectivity index (χ1v) is 8.96. The van der Waals surface area contributed by atoms with Crippen molar-refractivity contribution in [2.24, 2.45) is 4.99 Å². The van der Waals surface area contributed by atoms with E-state index in [2.05, 4.69) is 45.4 Å². The zero-order valence-corrected chi connectivity index (χ0v) is 14.9. The number of aliphatic imine (C=N–C) groups is 1. The van der Waals surface area contributed by atoms with E-state index in [0.717, 1.165) is 12.5 Å². The fourth-order valence-corrected chi connectivity index (χ4v) is 2.86. The summed E-state index contributed by atoms with van der Waals surface area (Å²) in [7, 11) is 0. The maximum Gasteiger partial charge on any atom is 0.287 e. The first-order chi connectivity index (χ1) is 11.7. The average Bonchev–Trinajstić information content (AvgIpc) is 3.29. The van der Waals surface area contributed by atoms with Gasteiger partial charge in [0.15, 0.2) is 11.7 Å². The Labute approximate surface area is 146 Å². The maximum absolute atomic E-state index is 11.7. The highest BCUT2D eigenvalue weighted by Crippen LogP contribution is 2.20. The number of furan rings is 1. The molecule has 2 heterocycles. The van der Waals surface area contributed by atoms with Crippen molar-refractivity contribution in [2.45, 2.75) is 19.8 Å². The SMILES string of the molecule is CCNC(=NCC(C)c1cccs1)NCCNC(=O)c1ccco1. The highest BCUT2D eigenvalue weighted by molar-refractivity contribution is 7.10. The monoisotopic (exact) mass is 348 g/mol. The number of guanidine groups is 1. The molecule has 1 unspecified atom stereocenters. The summed E-state index contributed by atoms with van der Waals surface area (Å²) in [4.78, 5) is 17.7. The van der Waals surface area contributed by atoms with E-state index in [9.17, 15) is 4.79 Å². The van der Waals surface area contributed by atoms with Gasteiger partial charge in [0.05, 0.1) is 12.8 Å². The summed E-state index contributed by atoms with van der Waals surface area (Å²) in [5.74, 6) is 1.25. The van der Waals surface area contributed by atoms with Gasteiger partial charge in [-0.3, -0.25) is 9.79 Å². The molecule has 2 aromatic heterocycles. The van der Waals surface area contributed by atoms with E-state index in [1.807, 2.05) is 6.92 Å². The minimum absolute atomic E-state index is 0.213. The van der Waals surface area contributed by atoms with E-state index >= 15 is 0 Å². The molecule has 0 radical (unpaired) electrons. The van der Waals surface area contributed by atoms with Crippen molar-refractivity contribution in [3.05, 3.63) is 46.5 Å². The fourth-order valence-electron chi connectivity index (χ4n) is 2.08. The molecular weight excluding hydrogens is 324 g/mol. The van der Waals surface area contributed by atoms with Crippen LogP contribution in [0.15, 0.2) is 45.3 Å². The molecule has 0 fully saturated rings. The molecule has 0 saturated heterocycles. The number of thiophene rings is 1. The van der Waals surface area contributed by atoms with E-state index in [4.69, 9.17) is 4.42 Å². The summed E-state index contributed by atoms with van der Waals surface area (Å²) in [5, 5.41) is 11.3. The Morgan fingerprint density at radius 2 is 2.08 bits per heavy atom. The van der Waals surface area contributed by atoms with Gasteiger partial charge in [0, 0.05) is 30.4 Å². The van der Waals surface area contributed by atoms with E-state index in [0.29, 0.717) is 31.3 Å². The Balaban J connectivity index is 1.74. The molecule has 1 atom stereocenters. The molecule has 0 aliphatic heterocycles. The lowest BCUT2D eigenvalue weighted by Crippen LogP contribution is -2.41. The Morgan fingerprint density at radius 3 is 2.75 bits per heavy atom. The van der Waals surface area contributed by atoms with Gasteiger partial charge in [-0.15, -0.1) is 11.3 Å². The summed E-state index contributed by atoms with van der Waals surface area (Å²) in [5.41, 5.74) is 0. The van der Waals surface area contributed by atoms with Gasteiger partial charge in [-0.1, -0.05) is 13.0 Å². The Morgan fingerprint density at radius 1 is 1.25 bits per heavy atom. The fraction of sp³-hybridized carbons (Fsp3) is 0.412. The lowest BCUT2D eigenvalue weighted by atomic mass is 10.1. The van der Waals surface area contributed by atoms with Crippen LogP contribution in [0, 0.1) is 0 Å². The minimum Gasteiger partial charge on any atom is -0.459 e. The summed E-state index contributed by atoms with van der Waals surface area (Å²) >= 11 is 1.75. The lowest BCUT2D eigenvalue weighted by Gasteiger charge is -2.13. The second-order valence-electron chi connectivity index (χ2n) is 5.30. The van der Waals surface area contributed by atoms with E-state index in [-0.39, 0.29) is 5.91 Å². The third-order valence-corrected chi connectivity index (χ3v) is 4.45. The molecule has 6 nitrogen and oxygen atoms in total. The van der Waals surface area contributed by atoms with Gasteiger partial charge in [0.2, 0.25) is 0 Å². The van der Waals surface area contributed by atoms with Crippen molar-refractivity contribution in [3.63, 3.8) is 0 Å². The maximum atomic E-state index is 11.7. The first kappa shape index (κ1) is 18.1. The van der Waals surface area contributed by atoms with Crippen LogP contribution in [-0.2, 0) is 0 Å². The smallest absolute Gasteiger partial charge is 0.287 e. The first-order valence-electron chi connectivity index (χ1n) is 8.08. The van der Waals surface area contributed by atoms with E-state index in [1.165, 1.54) is 11.1 Å². The van der Waals surface area contributed by atoms with Gasteiger partial charge in [0.1, 0.15) is 0 Å². The van der Waals surface area contributed by atoms with Gasteiger partial charge in [0.25, 0.3) is 5.91 Å². The molecule has 0 aliphatic rings. The van der Waals surface area contributed by atoms with E-state index in [1.54, 1.807) is 23.5 Å². The molecule has 0 aromatic carbocycles. The third-order valence-electron chi connectivity index (χ3n) is 3.34. The molecule has 7 heteroatoms. The van der Waals surface area contributed by atoms with Crippen molar-refractivity contribution in [2.75, 3.05) is 26.2 Å².